The molecule has 0 bridgehead atoms. The maximum atomic E-state index is 11.8. The van der Waals surface area contributed by atoms with E-state index in [0.717, 1.165) is 17.2 Å². The Morgan fingerprint density at radius 1 is 0.926 bits per heavy atom. The smallest absolute Gasteiger partial charge is 0.339 e. The van der Waals surface area contributed by atoms with E-state index < -0.39 is 5.97 Å². The lowest BCUT2D eigenvalue weighted by Crippen LogP contribution is -2.12. The first-order chi connectivity index (χ1) is 12.7. The van der Waals surface area contributed by atoms with Gasteiger partial charge in [0.2, 0.25) is 0 Å². The summed E-state index contributed by atoms with van der Waals surface area (Å²) in [6, 6.07) is 19.0. The first kappa shape index (κ1) is 20.7. The molecule has 0 aliphatic heterocycles. The van der Waals surface area contributed by atoms with Crippen molar-refractivity contribution in [3.8, 4) is 5.75 Å². The van der Waals surface area contributed by atoms with E-state index in [2.05, 4.69) is 4.98 Å². The number of aromatic nitrogens is 1. The van der Waals surface area contributed by atoms with E-state index in [1.165, 1.54) is 17.3 Å². The van der Waals surface area contributed by atoms with Gasteiger partial charge in [-0.25, -0.2) is 4.79 Å². The minimum atomic E-state index is -0.403. The second kappa shape index (κ2) is 10.6. The summed E-state index contributed by atoms with van der Waals surface area (Å²) in [6.45, 7) is 0.475. The summed E-state index contributed by atoms with van der Waals surface area (Å²) >= 11 is 5.90. The Bertz CT molecular complexity index is 838. The molecule has 0 radical (unpaired) electrons. The fourth-order valence-corrected chi connectivity index (χ4v) is 2.53. The Labute approximate surface area is 169 Å². The summed E-state index contributed by atoms with van der Waals surface area (Å²) in [7, 11) is 0. The van der Waals surface area contributed by atoms with Crippen LogP contribution in [-0.2, 0) is 11.2 Å². The van der Waals surface area contributed by atoms with Gasteiger partial charge < -0.3 is 9.47 Å². The summed E-state index contributed by atoms with van der Waals surface area (Å²) in [5, 5.41) is 0.738. The maximum absolute atomic E-state index is 11.8. The van der Waals surface area contributed by atoms with Crippen molar-refractivity contribution in [1.29, 1.82) is 0 Å². The summed E-state index contributed by atoms with van der Waals surface area (Å²) in [4.78, 5) is 15.7. The summed E-state index contributed by atoms with van der Waals surface area (Å²) < 4.78 is 10.8. The molecule has 0 N–H and O–H groups in total. The Hall–Kier alpha value is -2.56. The molecule has 0 spiro atoms. The molecule has 2 aromatic carbocycles. The molecular weight excluding hydrogens is 385 g/mol. The Balaban J connectivity index is 0.00000261. The van der Waals surface area contributed by atoms with Gasteiger partial charge in [0, 0.05) is 17.4 Å². The molecule has 0 unspecified atom stereocenters. The average Bonchev–Trinajstić information content (AvgIpc) is 2.69. The Morgan fingerprint density at radius 2 is 1.59 bits per heavy atom. The molecule has 27 heavy (non-hydrogen) atoms. The highest BCUT2D eigenvalue weighted by Crippen LogP contribution is 2.17. The number of esters is 1. The molecule has 3 rings (SSSR count). The number of pyridine rings is 1. The van der Waals surface area contributed by atoms with Crippen LogP contribution in [0.5, 0.6) is 5.75 Å². The van der Waals surface area contributed by atoms with Crippen molar-refractivity contribution in [1.82, 2.24) is 4.98 Å². The van der Waals surface area contributed by atoms with Gasteiger partial charge in [-0.05, 0) is 53.9 Å². The predicted octanol–water partition coefficient (Wildman–Crippen LogP) is 4.98. The number of hydrogen-bond acceptors (Lipinski definition) is 4. The molecule has 0 fully saturated rings. The summed E-state index contributed by atoms with van der Waals surface area (Å²) in [5.74, 6) is 0.335. The molecule has 1 heterocycles. The van der Waals surface area contributed by atoms with E-state index in [-0.39, 0.29) is 19.0 Å². The normalized spacial score (nSPS) is 9.96. The quantitative estimate of drug-likeness (QED) is 0.412. The number of ether oxygens (including phenoxy) is 2. The molecule has 0 aliphatic rings. The highest BCUT2D eigenvalue weighted by atomic mass is 35.5. The van der Waals surface area contributed by atoms with Crippen LogP contribution in [0.15, 0.2) is 73.1 Å². The zero-order chi connectivity index (χ0) is 18.2. The van der Waals surface area contributed by atoms with Gasteiger partial charge in [0.1, 0.15) is 19.0 Å². The minimum absolute atomic E-state index is 0. The van der Waals surface area contributed by atoms with E-state index in [1.54, 1.807) is 18.3 Å². The van der Waals surface area contributed by atoms with Crippen LogP contribution in [-0.4, -0.2) is 24.2 Å². The first-order valence-corrected chi connectivity index (χ1v) is 8.62. The summed E-state index contributed by atoms with van der Waals surface area (Å²) in [5.41, 5.74) is 2.81. The average molecular weight is 404 g/mol. The van der Waals surface area contributed by atoms with E-state index >= 15 is 0 Å². The van der Waals surface area contributed by atoms with Gasteiger partial charge in [0.05, 0.1) is 5.56 Å². The molecule has 6 heteroatoms. The van der Waals surface area contributed by atoms with E-state index in [4.69, 9.17) is 21.1 Å². The fourth-order valence-electron chi connectivity index (χ4n) is 2.40. The second-order valence-electron chi connectivity index (χ2n) is 5.67. The van der Waals surface area contributed by atoms with Gasteiger partial charge in [0.25, 0.3) is 0 Å². The van der Waals surface area contributed by atoms with Gasteiger partial charge in [-0.2, -0.15) is 0 Å². The maximum Gasteiger partial charge on any atom is 0.339 e. The Morgan fingerprint density at radius 3 is 2.22 bits per heavy atom. The number of benzene rings is 2. The van der Waals surface area contributed by atoms with Crippen LogP contribution in [0.1, 0.15) is 21.5 Å². The van der Waals surface area contributed by atoms with Crippen molar-refractivity contribution in [2.24, 2.45) is 0 Å². The number of carbonyl (C=O) groups is 1. The van der Waals surface area contributed by atoms with Crippen molar-refractivity contribution < 1.29 is 14.3 Å². The van der Waals surface area contributed by atoms with Crippen LogP contribution in [0, 0.1) is 0 Å². The van der Waals surface area contributed by atoms with Crippen molar-refractivity contribution >= 4 is 30.0 Å². The molecule has 1 aromatic heterocycles. The lowest BCUT2D eigenvalue weighted by molar-refractivity contribution is 0.0450. The molecule has 0 saturated heterocycles. The van der Waals surface area contributed by atoms with Crippen molar-refractivity contribution in [2.75, 3.05) is 13.2 Å². The van der Waals surface area contributed by atoms with Crippen LogP contribution < -0.4 is 4.74 Å². The monoisotopic (exact) mass is 403 g/mol. The highest BCUT2D eigenvalue weighted by Gasteiger charge is 2.06. The molecule has 4 nitrogen and oxygen atoms in total. The van der Waals surface area contributed by atoms with E-state index in [1.807, 2.05) is 48.5 Å². The van der Waals surface area contributed by atoms with Gasteiger partial charge >= 0.3 is 5.97 Å². The molecule has 0 saturated carbocycles. The fraction of sp³-hybridized carbons (Fsp3) is 0.143. The van der Waals surface area contributed by atoms with Crippen LogP contribution in [0.3, 0.4) is 0 Å². The predicted molar refractivity (Wildman–Crippen MR) is 108 cm³/mol. The van der Waals surface area contributed by atoms with Gasteiger partial charge in [-0.1, -0.05) is 35.9 Å². The molecule has 140 valence electrons. The SMILES string of the molecule is Cl.O=C(OCCOc1ccc(Cc2ccc(Cl)cc2)cc1)c1cccnc1. The Kier molecular flexibility index (Phi) is 8.11. The number of halogens is 2. The molecule has 0 aliphatic carbocycles. The lowest BCUT2D eigenvalue weighted by atomic mass is 10.1. The number of nitrogens with zero attached hydrogens (tertiary/aromatic N) is 1. The zero-order valence-corrected chi connectivity index (χ0v) is 16.1. The van der Waals surface area contributed by atoms with Gasteiger partial charge in [0.15, 0.2) is 0 Å². The lowest BCUT2D eigenvalue weighted by Gasteiger charge is -2.08. The largest absolute Gasteiger partial charge is 0.490 e. The zero-order valence-electron chi connectivity index (χ0n) is 14.5. The van der Waals surface area contributed by atoms with Gasteiger partial charge in [-0.15, -0.1) is 12.4 Å². The van der Waals surface area contributed by atoms with Crippen molar-refractivity contribution in [2.45, 2.75) is 6.42 Å². The standard InChI is InChI=1S/C21H18ClNO3.ClH/c22-19-7-3-16(4-8-19)14-17-5-9-20(10-6-17)25-12-13-26-21(24)18-2-1-11-23-15-18;/h1-11,15H,12-14H2;1H. The topological polar surface area (TPSA) is 48.4 Å². The third kappa shape index (κ3) is 6.59. The van der Waals surface area contributed by atoms with Crippen LogP contribution in [0.25, 0.3) is 0 Å². The second-order valence-corrected chi connectivity index (χ2v) is 6.11. The first-order valence-electron chi connectivity index (χ1n) is 8.24. The summed E-state index contributed by atoms with van der Waals surface area (Å²) in [6.07, 6.45) is 3.92. The number of carbonyl (C=O) groups excluding carboxylic acids is 1. The van der Waals surface area contributed by atoms with E-state index in [9.17, 15) is 4.79 Å². The third-order valence-electron chi connectivity index (χ3n) is 3.73. The molecule has 0 amide bonds. The van der Waals surface area contributed by atoms with Gasteiger partial charge in [-0.3, -0.25) is 4.98 Å². The van der Waals surface area contributed by atoms with Crippen LogP contribution in [0.2, 0.25) is 5.02 Å². The van der Waals surface area contributed by atoms with Crippen molar-refractivity contribution in [3.63, 3.8) is 0 Å². The van der Waals surface area contributed by atoms with Crippen molar-refractivity contribution in [3.05, 3.63) is 94.8 Å². The number of hydrogen-bond donors (Lipinski definition) is 0. The highest BCUT2D eigenvalue weighted by molar-refractivity contribution is 6.30. The molecular formula is C21H19Cl2NO3. The van der Waals surface area contributed by atoms with Crippen LogP contribution >= 0.6 is 24.0 Å². The third-order valence-corrected chi connectivity index (χ3v) is 3.98. The van der Waals surface area contributed by atoms with Crippen LogP contribution in [0.4, 0.5) is 0 Å². The molecule has 3 aromatic rings. The molecule has 0 atom stereocenters. The number of rotatable bonds is 7. The van der Waals surface area contributed by atoms with E-state index in [0.29, 0.717) is 12.2 Å². The minimum Gasteiger partial charge on any atom is -0.490 e.